The molecule has 1 saturated heterocycles. The number of thiocarbonyl (C=S) groups is 1. The van der Waals surface area contributed by atoms with Gasteiger partial charge in [-0.2, -0.15) is 0 Å². The van der Waals surface area contributed by atoms with E-state index < -0.39 is 0 Å². The molecule has 0 spiro atoms. The Bertz CT molecular complexity index is 648. The molecule has 1 saturated carbocycles. The molecule has 1 heterocycles. The molecule has 1 aromatic carbocycles. The first-order valence-electron chi connectivity index (χ1n) is 10.1. The summed E-state index contributed by atoms with van der Waals surface area (Å²) in [7, 11) is 3.96. The highest BCUT2D eigenvalue weighted by Crippen LogP contribution is 2.31. The van der Waals surface area contributed by atoms with Crippen molar-refractivity contribution in [3.8, 4) is 5.75 Å². The van der Waals surface area contributed by atoms with Crippen LogP contribution in [0.4, 0.5) is 5.69 Å². The van der Waals surface area contributed by atoms with Gasteiger partial charge in [-0.3, -0.25) is 0 Å². The van der Waals surface area contributed by atoms with E-state index in [1.165, 1.54) is 38.5 Å². The summed E-state index contributed by atoms with van der Waals surface area (Å²) in [5, 5.41) is 4.69. The highest BCUT2D eigenvalue weighted by Gasteiger charge is 2.31. The van der Waals surface area contributed by atoms with Gasteiger partial charge in [0.05, 0.1) is 12.1 Å². The first kappa shape index (κ1) is 20.7. The van der Waals surface area contributed by atoms with Gasteiger partial charge in [0, 0.05) is 30.9 Å². The largest absolute Gasteiger partial charge is 0.495 e. The molecule has 0 aromatic heterocycles. The van der Waals surface area contributed by atoms with Crippen LogP contribution in [0.2, 0.25) is 5.02 Å². The fourth-order valence-electron chi connectivity index (χ4n) is 4.60. The van der Waals surface area contributed by atoms with Gasteiger partial charge in [0.1, 0.15) is 5.75 Å². The van der Waals surface area contributed by atoms with E-state index in [-0.39, 0.29) is 0 Å². The Kier molecular flexibility index (Phi) is 7.23. The second-order valence-electron chi connectivity index (χ2n) is 7.99. The summed E-state index contributed by atoms with van der Waals surface area (Å²) in [6.07, 6.45) is 7.87. The van der Waals surface area contributed by atoms with E-state index >= 15 is 0 Å². The van der Waals surface area contributed by atoms with E-state index in [1.807, 2.05) is 18.2 Å². The molecule has 2 fully saturated rings. The minimum absolute atomic E-state index is 0.590. The number of piperidine rings is 1. The quantitative estimate of drug-likeness (QED) is 0.704. The lowest BCUT2D eigenvalue weighted by molar-refractivity contribution is 0.0691. The molecule has 0 unspecified atom stereocenters. The number of halogens is 1. The van der Waals surface area contributed by atoms with E-state index in [0.717, 1.165) is 35.8 Å². The molecule has 0 amide bonds. The molecule has 1 aliphatic heterocycles. The van der Waals surface area contributed by atoms with E-state index in [0.29, 0.717) is 16.8 Å². The number of likely N-dealkylation sites (tertiary alicyclic amines) is 1. The predicted molar refractivity (Wildman–Crippen MR) is 118 cm³/mol. The van der Waals surface area contributed by atoms with Crippen LogP contribution >= 0.6 is 23.8 Å². The monoisotopic (exact) mass is 409 g/mol. The summed E-state index contributed by atoms with van der Waals surface area (Å²) >= 11 is 11.8. The van der Waals surface area contributed by atoms with Crippen LogP contribution in [0.5, 0.6) is 5.75 Å². The number of methoxy groups -OCH3 is 1. The molecule has 2 atom stereocenters. The predicted octanol–water partition coefficient (Wildman–Crippen LogP) is 5.02. The maximum absolute atomic E-state index is 6.21. The zero-order valence-electron chi connectivity index (χ0n) is 16.7. The van der Waals surface area contributed by atoms with Crippen molar-refractivity contribution < 1.29 is 4.74 Å². The van der Waals surface area contributed by atoms with Gasteiger partial charge in [0.25, 0.3) is 0 Å². The zero-order chi connectivity index (χ0) is 19.4. The lowest BCUT2D eigenvalue weighted by Gasteiger charge is -2.44. The van der Waals surface area contributed by atoms with Gasteiger partial charge in [0.2, 0.25) is 0 Å². The Balaban J connectivity index is 1.51. The number of nitrogens with zero attached hydrogens (tertiary/aromatic N) is 2. The SMILES string of the molecule is COc1ccc(NC(=S)N2CCC(N(C)[C@@H]3CCCC[C@@H]3C)CC2)cc1Cl. The maximum atomic E-state index is 6.21. The highest BCUT2D eigenvalue weighted by molar-refractivity contribution is 7.80. The van der Waals surface area contributed by atoms with Gasteiger partial charge < -0.3 is 19.9 Å². The van der Waals surface area contributed by atoms with Crippen molar-refractivity contribution in [1.29, 1.82) is 0 Å². The van der Waals surface area contributed by atoms with Crippen molar-refractivity contribution in [1.82, 2.24) is 9.80 Å². The van der Waals surface area contributed by atoms with Crippen molar-refractivity contribution in [2.45, 2.75) is 57.5 Å². The van der Waals surface area contributed by atoms with Crippen LogP contribution in [0.15, 0.2) is 18.2 Å². The summed E-state index contributed by atoms with van der Waals surface area (Å²) in [6, 6.07) is 7.09. The Hall–Kier alpha value is -1.04. The summed E-state index contributed by atoms with van der Waals surface area (Å²) in [4.78, 5) is 4.95. The molecule has 0 radical (unpaired) electrons. The van der Waals surface area contributed by atoms with Gasteiger partial charge in [-0.05, 0) is 69.1 Å². The first-order valence-corrected chi connectivity index (χ1v) is 10.9. The van der Waals surface area contributed by atoms with Crippen molar-refractivity contribution in [3.05, 3.63) is 23.2 Å². The van der Waals surface area contributed by atoms with Crippen LogP contribution in [0, 0.1) is 5.92 Å². The molecule has 150 valence electrons. The second kappa shape index (κ2) is 9.44. The fraction of sp³-hybridized carbons (Fsp3) is 0.667. The molecule has 1 aliphatic carbocycles. The van der Waals surface area contributed by atoms with Crippen LogP contribution < -0.4 is 10.1 Å². The molecule has 2 aliphatic rings. The molecule has 6 heteroatoms. The smallest absolute Gasteiger partial charge is 0.173 e. The van der Waals surface area contributed by atoms with Crippen molar-refractivity contribution in [3.63, 3.8) is 0 Å². The number of ether oxygens (including phenoxy) is 1. The zero-order valence-corrected chi connectivity index (χ0v) is 18.3. The Morgan fingerprint density at radius 1 is 1.22 bits per heavy atom. The lowest BCUT2D eigenvalue weighted by Crippen LogP contribution is -2.51. The maximum Gasteiger partial charge on any atom is 0.173 e. The Labute approximate surface area is 174 Å². The lowest BCUT2D eigenvalue weighted by atomic mass is 9.84. The van der Waals surface area contributed by atoms with Crippen molar-refractivity contribution >= 4 is 34.6 Å². The fourth-order valence-corrected chi connectivity index (χ4v) is 5.15. The normalized spacial score (nSPS) is 24.1. The third-order valence-electron chi connectivity index (χ3n) is 6.32. The number of rotatable bonds is 4. The minimum Gasteiger partial charge on any atom is -0.495 e. The third kappa shape index (κ3) is 5.07. The topological polar surface area (TPSA) is 27.7 Å². The average molecular weight is 410 g/mol. The van der Waals surface area contributed by atoms with E-state index in [1.54, 1.807) is 7.11 Å². The number of benzene rings is 1. The highest BCUT2D eigenvalue weighted by atomic mass is 35.5. The number of nitrogens with one attached hydrogen (secondary N) is 1. The van der Waals surface area contributed by atoms with Gasteiger partial charge >= 0.3 is 0 Å². The van der Waals surface area contributed by atoms with Crippen LogP contribution in [0.1, 0.15) is 45.4 Å². The summed E-state index contributed by atoms with van der Waals surface area (Å²) in [6.45, 7) is 4.44. The van der Waals surface area contributed by atoms with Gasteiger partial charge in [0.15, 0.2) is 5.11 Å². The third-order valence-corrected chi connectivity index (χ3v) is 6.98. The average Bonchev–Trinajstić information content (AvgIpc) is 2.68. The van der Waals surface area contributed by atoms with Crippen LogP contribution in [-0.4, -0.2) is 54.2 Å². The summed E-state index contributed by atoms with van der Waals surface area (Å²) < 4.78 is 5.21. The van der Waals surface area contributed by atoms with Crippen molar-refractivity contribution in [2.24, 2.45) is 5.92 Å². The summed E-state index contributed by atoms with van der Waals surface area (Å²) in [5.74, 6) is 1.50. The number of hydrogen-bond donors (Lipinski definition) is 1. The molecule has 1 N–H and O–H groups in total. The molecule has 3 rings (SSSR count). The van der Waals surface area contributed by atoms with E-state index in [4.69, 9.17) is 28.6 Å². The van der Waals surface area contributed by atoms with Crippen LogP contribution in [0.25, 0.3) is 0 Å². The molecule has 27 heavy (non-hydrogen) atoms. The second-order valence-corrected chi connectivity index (χ2v) is 8.79. The van der Waals surface area contributed by atoms with Crippen LogP contribution in [0.3, 0.4) is 0 Å². The summed E-state index contributed by atoms with van der Waals surface area (Å²) in [5.41, 5.74) is 0.904. The van der Waals surface area contributed by atoms with Gasteiger partial charge in [-0.15, -0.1) is 0 Å². The van der Waals surface area contributed by atoms with Gasteiger partial charge in [-0.25, -0.2) is 0 Å². The Morgan fingerprint density at radius 3 is 2.56 bits per heavy atom. The van der Waals surface area contributed by atoms with E-state index in [9.17, 15) is 0 Å². The van der Waals surface area contributed by atoms with Gasteiger partial charge in [-0.1, -0.05) is 31.4 Å². The molecule has 4 nitrogen and oxygen atoms in total. The molecular formula is C21H32ClN3OS. The first-order chi connectivity index (χ1) is 13.0. The van der Waals surface area contributed by atoms with E-state index in [2.05, 4.69) is 29.1 Å². The van der Waals surface area contributed by atoms with Crippen molar-refractivity contribution in [2.75, 3.05) is 32.6 Å². The molecular weight excluding hydrogens is 378 g/mol. The molecule has 0 bridgehead atoms. The number of anilines is 1. The Morgan fingerprint density at radius 2 is 1.93 bits per heavy atom. The molecule has 1 aromatic rings. The standard InChI is InChI=1S/C21H32ClN3OS/c1-15-6-4-5-7-19(15)24(2)17-10-12-25(13-11-17)21(27)23-16-8-9-20(26-3)18(22)14-16/h8-9,14-15,17,19H,4-7,10-13H2,1-3H3,(H,23,27)/t15-,19+/m0/s1. The van der Waals surface area contributed by atoms with Crippen LogP contribution in [-0.2, 0) is 0 Å². The number of hydrogen-bond acceptors (Lipinski definition) is 3. The minimum atomic E-state index is 0.590.